The van der Waals surface area contributed by atoms with Gasteiger partial charge in [-0.05, 0) is 40.2 Å². The zero-order valence-corrected chi connectivity index (χ0v) is 10.2. The van der Waals surface area contributed by atoms with Crippen LogP contribution in [0.25, 0.3) is 0 Å². The fourth-order valence-electron chi connectivity index (χ4n) is 1.35. The van der Waals surface area contributed by atoms with Crippen LogP contribution < -0.4 is 5.32 Å². The molecule has 0 fully saturated rings. The van der Waals surface area contributed by atoms with Gasteiger partial charge in [-0.2, -0.15) is 0 Å². The number of nitrogens with zero attached hydrogens (tertiary/aromatic N) is 2. The number of carbonyl (C=O) groups is 1. The highest BCUT2D eigenvalue weighted by Gasteiger charge is 2.10. The molecule has 2 heterocycles. The minimum absolute atomic E-state index is 0.174. The Hall–Kier alpha value is -1.62. The summed E-state index contributed by atoms with van der Waals surface area (Å²) in [5, 5.41) is 2.74. The summed E-state index contributed by atoms with van der Waals surface area (Å²) in [7, 11) is 1.82. The number of amides is 1. The number of aromatic nitrogens is 2. The van der Waals surface area contributed by atoms with Crippen molar-refractivity contribution in [1.82, 2.24) is 9.55 Å². The van der Waals surface area contributed by atoms with Crippen LogP contribution in [0.3, 0.4) is 0 Å². The Labute approximate surface area is 101 Å². The van der Waals surface area contributed by atoms with Gasteiger partial charge in [0.2, 0.25) is 0 Å². The summed E-state index contributed by atoms with van der Waals surface area (Å²) in [6, 6.07) is 7.20. The molecule has 2 aromatic heterocycles. The first-order valence-corrected chi connectivity index (χ1v) is 5.51. The van der Waals surface area contributed by atoms with E-state index in [4.69, 9.17) is 0 Å². The van der Waals surface area contributed by atoms with Gasteiger partial charge in [-0.15, -0.1) is 0 Å². The first-order valence-electron chi connectivity index (χ1n) is 4.71. The Bertz CT molecular complexity index is 521. The van der Waals surface area contributed by atoms with Gasteiger partial charge in [-0.1, -0.05) is 0 Å². The van der Waals surface area contributed by atoms with Gasteiger partial charge in [0.15, 0.2) is 0 Å². The van der Waals surface area contributed by atoms with E-state index < -0.39 is 0 Å². The van der Waals surface area contributed by atoms with Gasteiger partial charge in [-0.25, -0.2) is 4.98 Å². The van der Waals surface area contributed by atoms with Crippen LogP contribution >= 0.6 is 15.9 Å². The number of pyridine rings is 1. The number of anilines is 1. The van der Waals surface area contributed by atoms with Gasteiger partial charge in [-0.3, -0.25) is 4.79 Å². The third kappa shape index (κ3) is 2.14. The first kappa shape index (κ1) is 10.9. The third-order valence-corrected chi connectivity index (χ3v) is 2.81. The number of hydrogen-bond donors (Lipinski definition) is 1. The van der Waals surface area contributed by atoms with Crippen molar-refractivity contribution in [3.05, 3.63) is 46.8 Å². The van der Waals surface area contributed by atoms with Crippen molar-refractivity contribution >= 4 is 27.7 Å². The second kappa shape index (κ2) is 4.49. The molecule has 16 heavy (non-hydrogen) atoms. The number of aryl methyl sites for hydroxylation is 1. The number of carbonyl (C=O) groups excluding carboxylic acids is 1. The number of nitrogens with one attached hydrogen (secondary N) is 1. The largest absolute Gasteiger partial charge is 0.347 e. The highest BCUT2D eigenvalue weighted by atomic mass is 79.9. The monoisotopic (exact) mass is 279 g/mol. The Balaban J connectivity index is 2.21. The average molecular weight is 280 g/mol. The predicted molar refractivity (Wildman–Crippen MR) is 65.3 cm³/mol. The van der Waals surface area contributed by atoms with E-state index in [-0.39, 0.29) is 5.91 Å². The maximum Gasteiger partial charge on any atom is 0.273 e. The molecule has 82 valence electrons. The van der Waals surface area contributed by atoms with Gasteiger partial charge < -0.3 is 9.88 Å². The highest BCUT2D eigenvalue weighted by molar-refractivity contribution is 9.10. The predicted octanol–water partition coefficient (Wildman–Crippen LogP) is 2.43. The molecule has 0 unspecified atom stereocenters. The Morgan fingerprint density at radius 2 is 2.25 bits per heavy atom. The first-order chi connectivity index (χ1) is 7.68. The van der Waals surface area contributed by atoms with E-state index in [0.717, 1.165) is 4.47 Å². The summed E-state index contributed by atoms with van der Waals surface area (Å²) in [6.07, 6.45) is 3.45. The van der Waals surface area contributed by atoms with Crippen LogP contribution in [0.4, 0.5) is 5.82 Å². The SMILES string of the molecule is Cn1cccc1C(=O)Nc1ncccc1Br. The number of hydrogen-bond acceptors (Lipinski definition) is 2. The summed E-state index contributed by atoms with van der Waals surface area (Å²) < 4.78 is 2.52. The molecule has 0 saturated heterocycles. The third-order valence-electron chi connectivity index (χ3n) is 2.17. The van der Waals surface area contributed by atoms with Crippen LogP contribution in [-0.2, 0) is 7.05 Å². The van der Waals surface area contributed by atoms with Crippen molar-refractivity contribution in [1.29, 1.82) is 0 Å². The molecule has 1 amide bonds. The topological polar surface area (TPSA) is 46.9 Å². The Kier molecular flexibility index (Phi) is 3.05. The molecular weight excluding hydrogens is 270 g/mol. The zero-order valence-electron chi connectivity index (χ0n) is 8.64. The molecule has 0 aliphatic heterocycles. The van der Waals surface area contributed by atoms with Crippen molar-refractivity contribution in [3.63, 3.8) is 0 Å². The fourth-order valence-corrected chi connectivity index (χ4v) is 1.70. The molecule has 0 bridgehead atoms. The lowest BCUT2D eigenvalue weighted by atomic mass is 10.4. The van der Waals surface area contributed by atoms with E-state index in [9.17, 15) is 4.79 Å². The van der Waals surface area contributed by atoms with Crippen LogP contribution in [0.2, 0.25) is 0 Å². The quantitative estimate of drug-likeness (QED) is 0.918. The maximum atomic E-state index is 11.9. The zero-order chi connectivity index (χ0) is 11.5. The van der Waals surface area contributed by atoms with Gasteiger partial charge in [0.25, 0.3) is 5.91 Å². The second-order valence-corrected chi connectivity index (χ2v) is 4.15. The lowest BCUT2D eigenvalue weighted by Gasteiger charge is -2.06. The van der Waals surface area contributed by atoms with Crippen LogP contribution in [0.1, 0.15) is 10.5 Å². The molecule has 1 N–H and O–H groups in total. The van der Waals surface area contributed by atoms with E-state index in [1.807, 2.05) is 25.4 Å². The van der Waals surface area contributed by atoms with Crippen molar-refractivity contribution in [2.45, 2.75) is 0 Å². The van der Waals surface area contributed by atoms with Crippen LogP contribution in [0.5, 0.6) is 0 Å². The van der Waals surface area contributed by atoms with Gasteiger partial charge in [0.1, 0.15) is 11.5 Å². The number of halogens is 1. The van der Waals surface area contributed by atoms with Crippen molar-refractivity contribution in [3.8, 4) is 0 Å². The van der Waals surface area contributed by atoms with E-state index in [1.54, 1.807) is 22.9 Å². The summed E-state index contributed by atoms with van der Waals surface area (Å²) in [4.78, 5) is 15.9. The van der Waals surface area contributed by atoms with E-state index in [1.165, 1.54) is 0 Å². The van der Waals surface area contributed by atoms with E-state index >= 15 is 0 Å². The molecule has 0 spiro atoms. The smallest absolute Gasteiger partial charge is 0.273 e. The van der Waals surface area contributed by atoms with Crippen LogP contribution in [0.15, 0.2) is 41.1 Å². The lowest BCUT2D eigenvalue weighted by molar-refractivity contribution is 0.101. The average Bonchev–Trinajstić information content (AvgIpc) is 2.68. The van der Waals surface area contributed by atoms with Gasteiger partial charge in [0.05, 0.1) is 4.47 Å². The Morgan fingerprint density at radius 1 is 1.44 bits per heavy atom. The molecular formula is C11H10BrN3O. The molecule has 0 aliphatic rings. The molecule has 0 saturated carbocycles. The molecule has 0 aliphatic carbocycles. The highest BCUT2D eigenvalue weighted by Crippen LogP contribution is 2.18. The normalized spacial score (nSPS) is 10.1. The molecule has 4 nitrogen and oxygen atoms in total. The van der Waals surface area contributed by atoms with Crippen molar-refractivity contribution in [2.24, 2.45) is 7.05 Å². The van der Waals surface area contributed by atoms with Gasteiger partial charge >= 0.3 is 0 Å². The molecule has 0 atom stereocenters. The fraction of sp³-hybridized carbons (Fsp3) is 0.0909. The summed E-state index contributed by atoms with van der Waals surface area (Å²) >= 11 is 3.32. The molecule has 0 radical (unpaired) electrons. The molecule has 0 aromatic carbocycles. The minimum atomic E-state index is -0.174. The minimum Gasteiger partial charge on any atom is -0.347 e. The molecule has 2 rings (SSSR count). The summed E-state index contributed by atoms with van der Waals surface area (Å²) in [5.74, 6) is 0.348. The molecule has 5 heteroatoms. The number of rotatable bonds is 2. The maximum absolute atomic E-state index is 11.9. The summed E-state index contributed by atoms with van der Waals surface area (Å²) in [6.45, 7) is 0. The Morgan fingerprint density at radius 3 is 2.88 bits per heavy atom. The van der Waals surface area contributed by atoms with Crippen LogP contribution in [0, 0.1) is 0 Å². The van der Waals surface area contributed by atoms with Gasteiger partial charge in [0, 0.05) is 19.4 Å². The van der Waals surface area contributed by atoms with E-state index in [0.29, 0.717) is 11.5 Å². The van der Waals surface area contributed by atoms with Crippen molar-refractivity contribution < 1.29 is 4.79 Å². The van der Waals surface area contributed by atoms with E-state index in [2.05, 4.69) is 26.2 Å². The lowest BCUT2D eigenvalue weighted by Crippen LogP contribution is -2.16. The van der Waals surface area contributed by atoms with Crippen molar-refractivity contribution in [2.75, 3.05) is 5.32 Å². The molecule has 2 aromatic rings. The summed E-state index contributed by atoms with van der Waals surface area (Å²) in [5.41, 5.74) is 0.595. The van der Waals surface area contributed by atoms with Crippen LogP contribution in [-0.4, -0.2) is 15.5 Å². The standard InChI is InChI=1S/C11H10BrN3O/c1-15-7-3-5-9(15)11(16)14-10-8(12)4-2-6-13-10/h2-7H,1H3,(H,13,14,16). The second-order valence-electron chi connectivity index (χ2n) is 3.29.